The van der Waals surface area contributed by atoms with Crippen molar-refractivity contribution in [3.05, 3.63) is 59.3 Å². The van der Waals surface area contributed by atoms with E-state index >= 15 is 0 Å². The maximum Gasteiger partial charge on any atom is 0.228 e. The molecule has 1 aliphatic carbocycles. The molecule has 7 heteroatoms. The van der Waals surface area contributed by atoms with Gasteiger partial charge in [-0.25, -0.2) is 9.97 Å². The topological polar surface area (TPSA) is 97.2 Å². The molecule has 168 valence electrons. The van der Waals surface area contributed by atoms with Gasteiger partial charge in [-0.3, -0.25) is 9.78 Å². The molecule has 3 aromatic heterocycles. The van der Waals surface area contributed by atoms with E-state index in [1.807, 2.05) is 32.0 Å². The van der Waals surface area contributed by atoms with Gasteiger partial charge < -0.3 is 15.2 Å². The molecule has 2 unspecified atom stereocenters. The van der Waals surface area contributed by atoms with Gasteiger partial charge in [0.15, 0.2) is 0 Å². The number of nitrogens with one attached hydrogen (secondary N) is 1. The van der Waals surface area contributed by atoms with Crippen LogP contribution in [0.25, 0.3) is 10.8 Å². The number of hydrogen-bond acceptors (Lipinski definition) is 6. The Hall–Kier alpha value is -3.34. The van der Waals surface area contributed by atoms with E-state index in [-0.39, 0.29) is 17.9 Å². The summed E-state index contributed by atoms with van der Waals surface area (Å²) in [6.45, 7) is 4.42. The molecule has 0 bridgehead atoms. The second-order valence-electron chi connectivity index (χ2n) is 8.99. The molecule has 2 fully saturated rings. The van der Waals surface area contributed by atoms with Crippen molar-refractivity contribution in [3.8, 4) is 11.8 Å². The Morgan fingerprint density at radius 2 is 2.00 bits per heavy atom. The molecule has 0 aromatic carbocycles. The van der Waals surface area contributed by atoms with Crippen molar-refractivity contribution in [3.63, 3.8) is 0 Å². The lowest BCUT2D eigenvalue weighted by atomic mass is 9.85. The van der Waals surface area contributed by atoms with E-state index in [2.05, 4.69) is 32.1 Å². The third-order valence-corrected chi connectivity index (χ3v) is 6.34. The van der Waals surface area contributed by atoms with Crippen LogP contribution in [0.4, 0.5) is 5.82 Å². The summed E-state index contributed by atoms with van der Waals surface area (Å²) in [5.41, 5.74) is 2.06. The molecule has 1 amide bonds. The van der Waals surface area contributed by atoms with Crippen LogP contribution >= 0.6 is 0 Å². The summed E-state index contributed by atoms with van der Waals surface area (Å²) in [5.74, 6) is 6.91. The van der Waals surface area contributed by atoms with Gasteiger partial charge in [0, 0.05) is 59.4 Å². The number of anilines is 1. The standard InChI is InChI=1S/C26H26N4O3/c1-16-12-26(32,9-10-33-16)20-6-8-21(28-14-20)7-5-19-13-27-17(2)23-15-29-24(11-22(19)23)30-25(31)18-3-4-18/h6,8,11,13-16,18,32H,3-4,9-10,12H2,1-2H3,(H,29,30,31). The first-order valence-electron chi connectivity index (χ1n) is 11.3. The number of aryl methyl sites for hydroxylation is 1. The molecular formula is C26H26N4O3. The van der Waals surface area contributed by atoms with Gasteiger partial charge in [0.2, 0.25) is 5.91 Å². The highest BCUT2D eigenvalue weighted by atomic mass is 16.5. The highest BCUT2D eigenvalue weighted by Crippen LogP contribution is 2.34. The minimum Gasteiger partial charge on any atom is -0.385 e. The minimum atomic E-state index is -0.915. The van der Waals surface area contributed by atoms with Crippen LogP contribution in [0, 0.1) is 24.7 Å². The second-order valence-corrected chi connectivity index (χ2v) is 8.99. The summed E-state index contributed by atoms with van der Waals surface area (Å²) >= 11 is 0. The number of aromatic nitrogens is 3. The van der Waals surface area contributed by atoms with Gasteiger partial charge in [-0.1, -0.05) is 12.0 Å². The molecule has 4 heterocycles. The van der Waals surface area contributed by atoms with Crippen LogP contribution in [0.5, 0.6) is 0 Å². The third kappa shape index (κ3) is 4.58. The third-order valence-electron chi connectivity index (χ3n) is 6.34. The molecule has 33 heavy (non-hydrogen) atoms. The SMILES string of the molecule is Cc1ncc(C#Cc2ccc(C3(O)CCOC(C)C3)cn2)c2cc(NC(=O)C3CC3)ncc12. The average Bonchev–Trinajstić information content (AvgIpc) is 3.65. The Kier molecular flexibility index (Phi) is 5.57. The summed E-state index contributed by atoms with van der Waals surface area (Å²) in [4.78, 5) is 25.4. The van der Waals surface area contributed by atoms with Crippen molar-refractivity contribution in [2.75, 3.05) is 11.9 Å². The van der Waals surface area contributed by atoms with Crippen molar-refractivity contribution in [2.24, 2.45) is 5.92 Å². The predicted molar refractivity (Wildman–Crippen MR) is 124 cm³/mol. The number of carbonyl (C=O) groups is 1. The number of pyridine rings is 3. The quantitative estimate of drug-likeness (QED) is 0.603. The second kappa shape index (κ2) is 8.54. The Labute approximate surface area is 192 Å². The molecule has 2 aliphatic rings. The van der Waals surface area contributed by atoms with Gasteiger partial charge >= 0.3 is 0 Å². The lowest BCUT2D eigenvalue weighted by Gasteiger charge is -2.35. The largest absolute Gasteiger partial charge is 0.385 e. The highest BCUT2D eigenvalue weighted by Gasteiger charge is 2.35. The Balaban J connectivity index is 1.41. The number of ether oxygens (including phenoxy) is 1. The van der Waals surface area contributed by atoms with E-state index in [1.165, 1.54) is 0 Å². The van der Waals surface area contributed by atoms with Crippen LogP contribution in [0.2, 0.25) is 0 Å². The smallest absolute Gasteiger partial charge is 0.228 e. The molecule has 1 aliphatic heterocycles. The first-order chi connectivity index (χ1) is 15.9. The predicted octanol–water partition coefficient (Wildman–Crippen LogP) is 3.47. The summed E-state index contributed by atoms with van der Waals surface area (Å²) in [5, 5.41) is 15.7. The number of rotatable bonds is 3. The molecule has 0 radical (unpaired) electrons. The van der Waals surface area contributed by atoms with Gasteiger partial charge in [0.1, 0.15) is 11.5 Å². The van der Waals surface area contributed by atoms with Crippen LogP contribution < -0.4 is 5.32 Å². The maximum atomic E-state index is 12.1. The monoisotopic (exact) mass is 442 g/mol. The van der Waals surface area contributed by atoms with Crippen molar-refractivity contribution < 1.29 is 14.6 Å². The van der Waals surface area contributed by atoms with E-state index in [0.717, 1.165) is 40.4 Å². The van der Waals surface area contributed by atoms with Crippen LogP contribution in [-0.2, 0) is 15.1 Å². The number of fused-ring (bicyclic) bond motifs is 1. The summed E-state index contributed by atoms with van der Waals surface area (Å²) in [6, 6.07) is 5.57. The Bertz CT molecular complexity index is 1270. The van der Waals surface area contributed by atoms with E-state index in [0.29, 0.717) is 31.0 Å². The molecule has 1 saturated heterocycles. The van der Waals surface area contributed by atoms with Crippen molar-refractivity contribution >= 4 is 22.5 Å². The molecule has 5 rings (SSSR count). The summed E-state index contributed by atoms with van der Waals surface area (Å²) in [7, 11) is 0. The van der Waals surface area contributed by atoms with Gasteiger partial charge in [-0.15, -0.1) is 0 Å². The van der Waals surface area contributed by atoms with Crippen LogP contribution in [0.15, 0.2) is 36.8 Å². The van der Waals surface area contributed by atoms with E-state index < -0.39 is 5.60 Å². The lowest BCUT2D eigenvalue weighted by Crippen LogP contribution is -2.37. The maximum absolute atomic E-state index is 12.1. The Morgan fingerprint density at radius 3 is 2.73 bits per heavy atom. The van der Waals surface area contributed by atoms with Gasteiger partial charge in [0.25, 0.3) is 0 Å². The normalized spacial score (nSPS) is 22.5. The fourth-order valence-corrected chi connectivity index (χ4v) is 4.21. The molecule has 2 atom stereocenters. The van der Waals surface area contributed by atoms with Crippen LogP contribution in [0.1, 0.15) is 55.1 Å². The number of hydrogen-bond donors (Lipinski definition) is 2. The minimum absolute atomic E-state index is 0.0129. The zero-order valence-corrected chi connectivity index (χ0v) is 18.8. The molecule has 2 N–H and O–H groups in total. The van der Waals surface area contributed by atoms with Crippen LogP contribution in [0.3, 0.4) is 0 Å². The zero-order valence-electron chi connectivity index (χ0n) is 18.8. The number of amides is 1. The van der Waals surface area contributed by atoms with Crippen LogP contribution in [-0.4, -0.2) is 38.7 Å². The number of carbonyl (C=O) groups excluding carboxylic acids is 1. The first kappa shape index (κ1) is 21.5. The Morgan fingerprint density at radius 1 is 1.15 bits per heavy atom. The van der Waals surface area contributed by atoms with Crippen molar-refractivity contribution in [1.82, 2.24) is 15.0 Å². The van der Waals surface area contributed by atoms with Gasteiger partial charge in [-0.2, -0.15) is 0 Å². The molecule has 7 nitrogen and oxygen atoms in total. The zero-order chi connectivity index (χ0) is 23.0. The van der Waals surface area contributed by atoms with E-state index in [1.54, 1.807) is 18.6 Å². The summed E-state index contributed by atoms with van der Waals surface area (Å²) < 4.78 is 5.56. The fourth-order valence-electron chi connectivity index (χ4n) is 4.21. The van der Waals surface area contributed by atoms with E-state index in [9.17, 15) is 9.90 Å². The van der Waals surface area contributed by atoms with Gasteiger partial charge in [-0.05, 0) is 44.7 Å². The molecular weight excluding hydrogens is 416 g/mol. The molecule has 3 aromatic rings. The average molecular weight is 443 g/mol. The summed E-state index contributed by atoms with van der Waals surface area (Å²) in [6.07, 6.45) is 8.16. The van der Waals surface area contributed by atoms with Gasteiger partial charge in [0.05, 0.1) is 23.9 Å². The number of aliphatic hydroxyl groups is 1. The number of nitrogens with zero attached hydrogens (tertiary/aromatic N) is 3. The van der Waals surface area contributed by atoms with Crippen molar-refractivity contribution in [1.29, 1.82) is 0 Å². The lowest BCUT2D eigenvalue weighted by molar-refractivity contribution is -0.117. The highest BCUT2D eigenvalue weighted by molar-refractivity contribution is 5.96. The van der Waals surface area contributed by atoms with Crippen molar-refractivity contribution in [2.45, 2.75) is 51.2 Å². The van der Waals surface area contributed by atoms with E-state index in [4.69, 9.17) is 4.74 Å². The first-order valence-corrected chi connectivity index (χ1v) is 11.3. The fraction of sp³-hybridized carbons (Fsp3) is 0.385. The molecule has 0 spiro atoms. The molecule has 1 saturated carbocycles.